The molecule has 1 saturated heterocycles. The average molecular weight is 358 g/mol. The van der Waals surface area contributed by atoms with E-state index in [0.29, 0.717) is 5.69 Å². The van der Waals surface area contributed by atoms with Gasteiger partial charge in [-0.3, -0.25) is 9.59 Å². The lowest BCUT2D eigenvalue weighted by Crippen LogP contribution is -2.29. The van der Waals surface area contributed by atoms with Crippen molar-refractivity contribution < 1.29 is 14.3 Å². The Kier molecular flexibility index (Phi) is 6.06. The summed E-state index contributed by atoms with van der Waals surface area (Å²) in [5.41, 5.74) is 1.89. The van der Waals surface area contributed by atoms with Crippen molar-refractivity contribution in [2.75, 3.05) is 29.9 Å². The number of carbonyl (C=O) groups is 2. The molecule has 0 atom stereocenters. The third kappa shape index (κ3) is 5.32. The number of benzene rings is 1. The van der Waals surface area contributed by atoms with E-state index >= 15 is 0 Å². The van der Waals surface area contributed by atoms with Crippen molar-refractivity contribution in [3.63, 3.8) is 0 Å². The van der Waals surface area contributed by atoms with Crippen molar-refractivity contribution in [2.24, 2.45) is 0 Å². The summed E-state index contributed by atoms with van der Waals surface area (Å²) in [6, 6.07) is 11.6. The first kappa shape index (κ1) is 17.5. The van der Waals surface area contributed by atoms with Gasteiger partial charge in [-0.05, 0) is 55.0 Å². The summed E-state index contributed by atoms with van der Waals surface area (Å²) in [5.74, 6) is -0.719. The number of thiophene rings is 1. The van der Waals surface area contributed by atoms with E-state index in [0.717, 1.165) is 18.0 Å². The van der Waals surface area contributed by atoms with Gasteiger partial charge in [0.15, 0.2) is 6.61 Å². The summed E-state index contributed by atoms with van der Waals surface area (Å²) < 4.78 is 5.02. The summed E-state index contributed by atoms with van der Waals surface area (Å²) in [6.07, 6.45) is 3.97. The van der Waals surface area contributed by atoms with Gasteiger partial charge >= 0.3 is 5.97 Å². The monoisotopic (exact) mass is 358 g/mol. The van der Waals surface area contributed by atoms with Gasteiger partial charge in [0.1, 0.15) is 0 Å². The van der Waals surface area contributed by atoms with Gasteiger partial charge in [-0.15, -0.1) is 11.3 Å². The second-order valence-electron chi connectivity index (χ2n) is 6.06. The van der Waals surface area contributed by atoms with Crippen molar-refractivity contribution in [3.8, 4) is 0 Å². The molecule has 0 unspecified atom stereocenters. The first-order valence-corrected chi connectivity index (χ1v) is 9.41. The third-order valence-electron chi connectivity index (χ3n) is 4.14. The van der Waals surface area contributed by atoms with Gasteiger partial charge in [-0.25, -0.2) is 0 Å². The Morgan fingerprint density at radius 3 is 2.52 bits per heavy atom. The molecule has 1 aliphatic heterocycles. The van der Waals surface area contributed by atoms with Crippen LogP contribution in [0.15, 0.2) is 41.8 Å². The van der Waals surface area contributed by atoms with Crippen LogP contribution in [0.3, 0.4) is 0 Å². The van der Waals surface area contributed by atoms with Gasteiger partial charge in [0, 0.05) is 29.3 Å². The maximum absolute atomic E-state index is 11.9. The second-order valence-corrected chi connectivity index (χ2v) is 7.09. The van der Waals surface area contributed by atoms with Crippen LogP contribution >= 0.6 is 11.3 Å². The Balaban J connectivity index is 1.43. The van der Waals surface area contributed by atoms with Crippen LogP contribution in [0.5, 0.6) is 0 Å². The van der Waals surface area contributed by atoms with Crippen LogP contribution < -0.4 is 10.2 Å². The molecule has 0 aliphatic carbocycles. The maximum atomic E-state index is 11.9. The van der Waals surface area contributed by atoms with Gasteiger partial charge in [-0.2, -0.15) is 0 Å². The molecule has 1 aromatic heterocycles. The Hall–Kier alpha value is -2.34. The molecule has 1 aliphatic rings. The zero-order chi connectivity index (χ0) is 17.5. The highest BCUT2D eigenvalue weighted by Crippen LogP contribution is 2.21. The normalized spacial score (nSPS) is 14.2. The van der Waals surface area contributed by atoms with Crippen molar-refractivity contribution in [1.29, 1.82) is 0 Å². The number of hydrogen-bond acceptors (Lipinski definition) is 5. The minimum absolute atomic E-state index is 0.204. The number of ether oxygens (including phenoxy) is 1. The van der Waals surface area contributed by atoms with Crippen molar-refractivity contribution in [1.82, 2.24) is 0 Å². The van der Waals surface area contributed by atoms with Gasteiger partial charge in [0.25, 0.3) is 5.91 Å². The van der Waals surface area contributed by atoms with Crippen LogP contribution in [-0.2, 0) is 20.7 Å². The quantitative estimate of drug-likeness (QED) is 0.804. The number of nitrogens with one attached hydrogen (secondary N) is 1. The topological polar surface area (TPSA) is 58.6 Å². The number of nitrogens with zero attached hydrogens (tertiary/aromatic N) is 1. The van der Waals surface area contributed by atoms with Crippen LogP contribution in [0.1, 0.15) is 24.1 Å². The van der Waals surface area contributed by atoms with Crippen LogP contribution in [0.2, 0.25) is 0 Å². The van der Waals surface area contributed by atoms with E-state index in [1.165, 1.54) is 36.3 Å². The predicted molar refractivity (Wildman–Crippen MR) is 100 cm³/mol. The molecule has 6 heteroatoms. The van der Waals surface area contributed by atoms with Crippen molar-refractivity contribution in [2.45, 2.75) is 25.7 Å². The average Bonchev–Trinajstić information content (AvgIpc) is 3.14. The molecule has 132 valence electrons. The molecule has 1 fully saturated rings. The summed E-state index contributed by atoms with van der Waals surface area (Å²) >= 11 is 1.50. The lowest BCUT2D eigenvalue weighted by molar-refractivity contribution is -0.146. The minimum atomic E-state index is -0.391. The lowest BCUT2D eigenvalue weighted by Gasteiger charge is -2.28. The van der Waals surface area contributed by atoms with Crippen LogP contribution in [-0.4, -0.2) is 31.6 Å². The molecule has 3 rings (SSSR count). The number of carbonyl (C=O) groups excluding carboxylic acids is 2. The van der Waals surface area contributed by atoms with E-state index in [1.807, 2.05) is 41.8 Å². The Bertz CT molecular complexity index is 692. The molecule has 1 amide bonds. The van der Waals surface area contributed by atoms with E-state index in [4.69, 9.17) is 4.74 Å². The largest absolute Gasteiger partial charge is 0.455 e. The first-order chi connectivity index (χ1) is 12.2. The summed E-state index contributed by atoms with van der Waals surface area (Å²) in [5, 5.41) is 4.66. The first-order valence-electron chi connectivity index (χ1n) is 8.53. The predicted octanol–water partition coefficient (Wildman–Crippen LogP) is 3.46. The van der Waals surface area contributed by atoms with E-state index in [-0.39, 0.29) is 18.9 Å². The highest BCUT2D eigenvalue weighted by atomic mass is 32.1. The smallest absolute Gasteiger partial charge is 0.311 e. The Labute approximate surface area is 151 Å². The lowest BCUT2D eigenvalue weighted by atomic mass is 10.1. The Morgan fingerprint density at radius 2 is 1.84 bits per heavy atom. The van der Waals surface area contributed by atoms with Crippen molar-refractivity contribution in [3.05, 3.63) is 46.7 Å². The number of amides is 1. The minimum Gasteiger partial charge on any atom is -0.455 e. The van der Waals surface area contributed by atoms with Crippen LogP contribution in [0.25, 0.3) is 0 Å². The molecule has 0 bridgehead atoms. The van der Waals surface area contributed by atoms with Crippen molar-refractivity contribution >= 4 is 34.6 Å². The summed E-state index contributed by atoms with van der Waals surface area (Å²) in [7, 11) is 0. The summed E-state index contributed by atoms with van der Waals surface area (Å²) in [6.45, 7) is 1.91. The molecule has 2 heterocycles. The SMILES string of the molecule is O=C(COC(=O)Cc1cccs1)Nc1ccc(N2CCCCC2)cc1. The molecule has 5 nitrogen and oxygen atoms in total. The Morgan fingerprint density at radius 1 is 1.08 bits per heavy atom. The van der Waals surface area contributed by atoms with Gasteiger partial charge < -0.3 is 15.0 Å². The zero-order valence-corrected chi connectivity index (χ0v) is 14.9. The number of piperidine rings is 1. The van der Waals surface area contributed by atoms with E-state index in [1.54, 1.807) is 0 Å². The second kappa shape index (κ2) is 8.67. The molecular formula is C19H22N2O3S. The standard InChI is InChI=1S/C19H22N2O3S/c22-18(14-24-19(23)13-17-5-4-12-25-17)20-15-6-8-16(9-7-15)21-10-2-1-3-11-21/h4-9,12H,1-3,10-11,13-14H2,(H,20,22). The molecule has 25 heavy (non-hydrogen) atoms. The van der Waals surface area contributed by atoms with Gasteiger partial charge in [0.05, 0.1) is 6.42 Å². The van der Waals surface area contributed by atoms with Gasteiger partial charge in [-0.1, -0.05) is 6.07 Å². The highest BCUT2D eigenvalue weighted by molar-refractivity contribution is 7.10. The number of esters is 1. The van der Waals surface area contributed by atoms with Crippen LogP contribution in [0, 0.1) is 0 Å². The highest BCUT2D eigenvalue weighted by Gasteiger charge is 2.12. The number of hydrogen-bond donors (Lipinski definition) is 1. The molecular weight excluding hydrogens is 336 g/mol. The molecule has 1 aromatic carbocycles. The van der Waals surface area contributed by atoms with E-state index < -0.39 is 5.97 Å². The fraction of sp³-hybridized carbons (Fsp3) is 0.368. The van der Waals surface area contributed by atoms with E-state index in [9.17, 15) is 9.59 Å². The molecule has 2 aromatic rings. The third-order valence-corrected chi connectivity index (χ3v) is 5.01. The molecule has 0 saturated carbocycles. The zero-order valence-electron chi connectivity index (χ0n) is 14.1. The molecule has 0 radical (unpaired) electrons. The van der Waals surface area contributed by atoms with Crippen LogP contribution in [0.4, 0.5) is 11.4 Å². The fourth-order valence-electron chi connectivity index (χ4n) is 2.86. The molecule has 1 N–H and O–H groups in total. The number of rotatable bonds is 6. The van der Waals surface area contributed by atoms with E-state index in [2.05, 4.69) is 10.2 Å². The number of anilines is 2. The fourth-order valence-corrected chi connectivity index (χ4v) is 3.55. The maximum Gasteiger partial charge on any atom is 0.311 e. The summed E-state index contributed by atoms with van der Waals surface area (Å²) in [4.78, 5) is 26.9. The molecule has 0 spiro atoms. The van der Waals surface area contributed by atoms with Gasteiger partial charge in [0.2, 0.25) is 0 Å².